The first kappa shape index (κ1) is 20.8. The molecule has 0 saturated carbocycles. The molecule has 0 aliphatic carbocycles. The lowest BCUT2D eigenvalue weighted by atomic mass is 10.1. The van der Waals surface area contributed by atoms with Crippen molar-refractivity contribution in [2.45, 2.75) is 20.3 Å². The Kier molecular flexibility index (Phi) is 6.82. The SMILES string of the molecule is CCOC(=O)Nc1nc(CC(=O)N2CCN(c3ccc(C(C)=O)cc3)CC2)cs1. The summed E-state index contributed by atoms with van der Waals surface area (Å²) in [5.74, 6) is 0.0687. The van der Waals surface area contributed by atoms with Gasteiger partial charge in [0.25, 0.3) is 0 Å². The number of benzene rings is 1. The molecule has 1 aromatic carbocycles. The van der Waals surface area contributed by atoms with Crippen LogP contribution in [0.15, 0.2) is 29.6 Å². The third kappa shape index (κ3) is 5.54. The maximum Gasteiger partial charge on any atom is 0.413 e. The van der Waals surface area contributed by atoms with E-state index in [1.165, 1.54) is 11.3 Å². The zero-order valence-electron chi connectivity index (χ0n) is 16.5. The zero-order valence-corrected chi connectivity index (χ0v) is 17.3. The lowest BCUT2D eigenvalue weighted by molar-refractivity contribution is -0.130. The van der Waals surface area contributed by atoms with Crippen LogP contribution in [0.3, 0.4) is 0 Å². The maximum absolute atomic E-state index is 12.6. The minimum Gasteiger partial charge on any atom is -0.450 e. The second-order valence-electron chi connectivity index (χ2n) is 6.64. The van der Waals surface area contributed by atoms with Crippen molar-refractivity contribution in [3.8, 4) is 0 Å². The molecule has 8 nitrogen and oxygen atoms in total. The summed E-state index contributed by atoms with van der Waals surface area (Å²) in [6.07, 6.45) is -0.346. The fourth-order valence-corrected chi connectivity index (χ4v) is 3.78. The van der Waals surface area contributed by atoms with Gasteiger partial charge in [0.05, 0.1) is 18.7 Å². The quantitative estimate of drug-likeness (QED) is 0.728. The summed E-state index contributed by atoms with van der Waals surface area (Å²) in [5.41, 5.74) is 2.38. The number of ketones is 1. The number of carbonyl (C=O) groups excluding carboxylic acids is 3. The van der Waals surface area contributed by atoms with Crippen LogP contribution in [-0.4, -0.2) is 60.5 Å². The van der Waals surface area contributed by atoms with Crippen LogP contribution >= 0.6 is 11.3 Å². The van der Waals surface area contributed by atoms with Crippen molar-refractivity contribution >= 4 is 39.9 Å². The molecule has 1 N–H and O–H groups in total. The third-order valence-electron chi connectivity index (χ3n) is 4.64. The Morgan fingerprint density at radius 1 is 1.14 bits per heavy atom. The average Bonchev–Trinajstić information content (AvgIpc) is 3.15. The van der Waals surface area contributed by atoms with Crippen LogP contribution in [0.5, 0.6) is 0 Å². The molecular weight excluding hydrogens is 392 g/mol. The highest BCUT2D eigenvalue weighted by molar-refractivity contribution is 7.13. The predicted molar refractivity (Wildman–Crippen MR) is 112 cm³/mol. The number of nitrogens with one attached hydrogen (secondary N) is 1. The highest BCUT2D eigenvalue weighted by Gasteiger charge is 2.22. The zero-order chi connectivity index (χ0) is 20.8. The number of rotatable bonds is 6. The smallest absolute Gasteiger partial charge is 0.413 e. The summed E-state index contributed by atoms with van der Waals surface area (Å²) in [7, 11) is 0. The van der Waals surface area contributed by atoms with Gasteiger partial charge in [0.1, 0.15) is 0 Å². The second kappa shape index (κ2) is 9.51. The van der Waals surface area contributed by atoms with Crippen molar-refractivity contribution in [2.24, 2.45) is 0 Å². The minimum absolute atomic E-state index is 0.0181. The normalized spacial score (nSPS) is 13.9. The first-order valence-corrected chi connectivity index (χ1v) is 10.4. The summed E-state index contributed by atoms with van der Waals surface area (Å²) in [4.78, 5) is 43.7. The molecule has 9 heteroatoms. The number of anilines is 2. The summed E-state index contributed by atoms with van der Waals surface area (Å²) < 4.78 is 4.82. The van der Waals surface area contributed by atoms with Crippen molar-refractivity contribution in [3.05, 3.63) is 40.9 Å². The van der Waals surface area contributed by atoms with Crippen LogP contribution in [-0.2, 0) is 16.0 Å². The van der Waals surface area contributed by atoms with Gasteiger partial charge in [-0.05, 0) is 38.1 Å². The minimum atomic E-state index is -0.549. The fourth-order valence-electron chi connectivity index (χ4n) is 3.09. The van der Waals surface area contributed by atoms with E-state index in [0.29, 0.717) is 29.5 Å². The number of piperazine rings is 1. The van der Waals surface area contributed by atoms with Gasteiger partial charge in [-0.3, -0.25) is 14.9 Å². The molecule has 1 aliphatic heterocycles. The second-order valence-corrected chi connectivity index (χ2v) is 7.50. The number of amides is 2. The predicted octanol–water partition coefficient (Wildman–Crippen LogP) is 2.81. The van der Waals surface area contributed by atoms with Crippen LogP contribution < -0.4 is 10.2 Å². The van der Waals surface area contributed by atoms with E-state index in [1.54, 1.807) is 19.2 Å². The van der Waals surface area contributed by atoms with E-state index in [1.807, 2.05) is 29.2 Å². The van der Waals surface area contributed by atoms with Crippen LogP contribution in [0.2, 0.25) is 0 Å². The van der Waals surface area contributed by atoms with Crippen LogP contribution in [0, 0.1) is 0 Å². The first-order chi connectivity index (χ1) is 14.0. The Morgan fingerprint density at radius 3 is 2.45 bits per heavy atom. The topological polar surface area (TPSA) is 91.8 Å². The highest BCUT2D eigenvalue weighted by atomic mass is 32.1. The Labute approximate surface area is 173 Å². The Morgan fingerprint density at radius 2 is 1.83 bits per heavy atom. The lowest BCUT2D eigenvalue weighted by Crippen LogP contribution is -2.49. The molecular formula is C20H24N4O4S. The molecule has 2 heterocycles. The van der Waals surface area contributed by atoms with Crippen LogP contribution in [0.1, 0.15) is 29.9 Å². The van der Waals surface area contributed by atoms with Gasteiger partial charge in [0.15, 0.2) is 10.9 Å². The van der Waals surface area contributed by atoms with Gasteiger partial charge in [-0.15, -0.1) is 11.3 Å². The van der Waals surface area contributed by atoms with Crippen molar-refractivity contribution in [3.63, 3.8) is 0 Å². The third-order valence-corrected chi connectivity index (χ3v) is 5.45. The number of aromatic nitrogens is 1. The van der Waals surface area contributed by atoms with Gasteiger partial charge < -0.3 is 14.5 Å². The number of thiazole rings is 1. The van der Waals surface area contributed by atoms with Gasteiger partial charge in [-0.2, -0.15) is 0 Å². The molecule has 154 valence electrons. The summed E-state index contributed by atoms with van der Waals surface area (Å²) in [6, 6.07) is 7.56. The van der Waals surface area contributed by atoms with Gasteiger partial charge in [0, 0.05) is 42.8 Å². The molecule has 0 unspecified atom stereocenters. The largest absolute Gasteiger partial charge is 0.450 e. The maximum atomic E-state index is 12.6. The average molecular weight is 417 g/mol. The highest BCUT2D eigenvalue weighted by Crippen LogP contribution is 2.19. The van der Waals surface area contributed by atoms with E-state index >= 15 is 0 Å². The van der Waals surface area contributed by atoms with Crippen LogP contribution in [0.4, 0.5) is 15.6 Å². The fraction of sp³-hybridized carbons (Fsp3) is 0.400. The molecule has 3 rings (SSSR count). The number of carbonyl (C=O) groups is 3. The molecule has 0 radical (unpaired) electrons. The molecule has 1 aliphatic rings. The van der Waals surface area contributed by atoms with E-state index in [2.05, 4.69) is 15.2 Å². The standard InChI is InChI=1S/C20H24N4O4S/c1-3-28-20(27)22-19-21-16(13-29-19)12-18(26)24-10-8-23(9-11-24)17-6-4-15(5-7-17)14(2)25/h4-7,13H,3,8-12H2,1-2H3,(H,21,22,27). The van der Waals surface area contributed by atoms with Gasteiger partial charge in [-0.1, -0.05) is 0 Å². The van der Waals surface area contributed by atoms with Crippen molar-refractivity contribution in [1.82, 2.24) is 9.88 Å². The summed E-state index contributed by atoms with van der Waals surface area (Å²) in [6.45, 7) is 6.30. The number of Topliss-reactive ketones (excluding diaryl/α,β-unsaturated/α-hetero) is 1. The molecule has 1 fully saturated rings. The van der Waals surface area contributed by atoms with Crippen molar-refractivity contribution < 1.29 is 19.1 Å². The Hall–Kier alpha value is -2.94. The van der Waals surface area contributed by atoms with E-state index in [4.69, 9.17) is 4.74 Å². The Bertz CT molecular complexity index is 873. The molecule has 0 bridgehead atoms. The van der Waals surface area contributed by atoms with E-state index in [9.17, 15) is 14.4 Å². The molecule has 2 aromatic rings. The van der Waals surface area contributed by atoms with Gasteiger partial charge in [-0.25, -0.2) is 9.78 Å². The molecule has 1 aromatic heterocycles. The summed E-state index contributed by atoms with van der Waals surface area (Å²) >= 11 is 1.27. The van der Waals surface area contributed by atoms with Crippen LogP contribution in [0.25, 0.3) is 0 Å². The molecule has 0 spiro atoms. The number of ether oxygens (including phenoxy) is 1. The van der Waals surface area contributed by atoms with Crippen molar-refractivity contribution in [2.75, 3.05) is 43.0 Å². The number of nitrogens with zero attached hydrogens (tertiary/aromatic N) is 3. The van der Waals surface area contributed by atoms with E-state index < -0.39 is 6.09 Å². The van der Waals surface area contributed by atoms with E-state index in [0.717, 1.165) is 18.8 Å². The van der Waals surface area contributed by atoms with Gasteiger partial charge in [0.2, 0.25) is 5.91 Å². The molecule has 1 saturated heterocycles. The number of hydrogen-bond acceptors (Lipinski definition) is 7. The lowest BCUT2D eigenvalue weighted by Gasteiger charge is -2.36. The first-order valence-electron chi connectivity index (χ1n) is 9.48. The Balaban J connectivity index is 1.49. The van der Waals surface area contributed by atoms with Gasteiger partial charge >= 0.3 is 6.09 Å². The van der Waals surface area contributed by atoms with Crippen molar-refractivity contribution in [1.29, 1.82) is 0 Å². The molecule has 29 heavy (non-hydrogen) atoms. The summed E-state index contributed by atoms with van der Waals surface area (Å²) in [5, 5.41) is 4.74. The molecule has 0 atom stereocenters. The number of hydrogen-bond donors (Lipinski definition) is 1. The molecule has 2 amide bonds. The van der Waals surface area contributed by atoms with E-state index in [-0.39, 0.29) is 24.7 Å². The monoisotopic (exact) mass is 416 g/mol.